The molecule has 0 saturated carbocycles. The maximum absolute atomic E-state index is 5.70. The molecule has 0 radical (unpaired) electrons. The third kappa shape index (κ3) is 3.81. The molecule has 25 heavy (non-hydrogen) atoms. The van der Waals surface area contributed by atoms with Crippen LogP contribution in [0.25, 0.3) is 16.9 Å². The van der Waals surface area contributed by atoms with Gasteiger partial charge in [0.2, 0.25) is 0 Å². The van der Waals surface area contributed by atoms with Gasteiger partial charge in [-0.2, -0.15) is 5.10 Å². The van der Waals surface area contributed by atoms with Crippen LogP contribution in [-0.2, 0) is 11.3 Å². The second-order valence-electron chi connectivity index (χ2n) is 6.42. The van der Waals surface area contributed by atoms with Gasteiger partial charge >= 0.3 is 0 Å². The van der Waals surface area contributed by atoms with Gasteiger partial charge in [0, 0.05) is 37.0 Å². The largest absolute Gasteiger partial charge is 0.377 e. The number of nitrogens with one attached hydrogen (secondary N) is 1. The molecule has 0 aliphatic carbocycles. The molecule has 0 bridgehead atoms. The summed E-state index contributed by atoms with van der Waals surface area (Å²) in [4.78, 5) is 0. The van der Waals surface area contributed by atoms with E-state index in [1.165, 1.54) is 12.0 Å². The Labute approximate surface area is 148 Å². The topological polar surface area (TPSA) is 39.1 Å². The maximum Gasteiger partial charge on any atom is 0.0972 e. The number of rotatable bonds is 6. The molecule has 2 aromatic carbocycles. The van der Waals surface area contributed by atoms with Crippen molar-refractivity contribution >= 4 is 0 Å². The Bertz CT molecular complexity index is 793. The molecule has 0 amide bonds. The molecule has 4 rings (SSSR count). The standard InChI is InChI=1S/C21H23N3O/c1-3-8-17(9-4-1)21-18(14-22-15-20-12-7-13-25-20)16-24(23-21)19-10-5-2-6-11-19/h1-6,8-11,16,20,22H,7,12-15H2. The average Bonchev–Trinajstić information content (AvgIpc) is 3.33. The first-order valence-corrected chi connectivity index (χ1v) is 8.92. The highest BCUT2D eigenvalue weighted by molar-refractivity contribution is 5.63. The summed E-state index contributed by atoms with van der Waals surface area (Å²) < 4.78 is 7.66. The fraction of sp³-hybridized carbons (Fsp3) is 0.286. The molecule has 1 atom stereocenters. The van der Waals surface area contributed by atoms with E-state index in [4.69, 9.17) is 9.84 Å². The first kappa shape index (κ1) is 16.1. The summed E-state index contributed by atoms with van der Waals surface area (Å²) in [5.74, 6) is 0. The van der Waals surface area contributed by atoms with Gasteiger partial charge in [-0.15, -0.1) is 0 Å². The lowest BCUT2D eigenvalue weighted by atomic mass is 10.1. The third-order valence-corrected chi connectivity index (χ3v) is 4.57. The summed E-state index contributed by atoms with van der Waals surface area (Å²) in [6.45, 7) is 2.58. The first-order chi connectivity index (χ1) is 12.4. The zero-order valence-corrected chi connectivity index (χ0v) is 14.3. The van der Waals surface area contributed by atoms with Gasteiger partial charge in [0.25, 0.3) is 0 Å². The van der Waals surface area contributed by atoms with Crippen LogP contribution in [-0.4, -0.2) is 29.0 Å². The number of hydrogen-bond donors (Lipinski definition) is 1. The van der Waals surface area contributed by atoms with Crippen LogP contribution in [0.5, 0.6) is 0 Å². The van der Waals surface area contributed by atoms with E-state index in [-0.39, 0.29) is 0 Å². The van der Waals surface area contributed by atoms with Crippen LogP contribution in [0.4, 0.5) is 0 Å². The Morgan fingerprint density at radius 1 is 1.04 bits per heavy atom. The van der Waals surface area contributed by atoms with Crippen molar-refractivity contribution in [1.82, 2.24) is 15.1 Å². The van der Waals surface area contributed by atoms with Crippen LogP contribution in [0, 0.1) is 0 Å². The van der Waals surface area contributed by atoms with Crippen molar-refractivity contribution in [3.8, 4) is 16.9 Å². The van der Waals surface area contributed by atoms with E-state index in [0.29, 0.717) is 6.10 Å². The Morgan fingerprint density at radius 2 is 1.80 bits per heavy atom. The summed E-state index contributed by atoms with van der Waals surface area (Å²) in [5.41, 5.74) is 4.45. The normalized spacial score (nSPS) is 17.0. The predicted octanol–water partition coefficient (Wildman–Crippen LogP) is 3.81. The molecule has 1 N–H and O–H groups in total. The van der Waals surface area contributed by atoms with E-state index in [1.807, 2.05) is 28.9 Å². The molecule has 1 saturated heterocycles. The van der Waals surface area contributed by atoms with Crippen molar-refractivity contribution < 1.29 is 4.74 Å². The quantitative estimate of drug-likeness (QED) is 0.745. The van der Waals surface area contributed by atoms with Gasteiger partial charge < -0.3 is 10.1 Å². The summed E-state index contributed by atoms with van der Waals surface area (Å²) >= 11 is 0. The molecule has 1 aliphatic heterocycles. The number of hydrogen-bond acceptors (Lipinski definition) is 3. The molecule has 4 heteroatoms. The van der Waals surface area contributed by atoms with Crippen LogP contribution in [0.2, 0.25) is 0 Å². The number of nitrogens with zero attached hydrogens (tertiary/aromatic N) is 2. The van der Waals surface area contributed by atoms with Gasteiger partial charge in [0.15, 0.2) is 0 Å². The zero-order chi connectivity index (χ0) is 16.9. The first-order valence-electron chi connectivity index (χ1n) is 8.92. The van der Waals surface area contributed by atoms with Crippen LogP contribution in [0.15, 0.2) is 66.9 Å². The lowest BCUT2D eigenvalue weighted by Gasteiger charge is -2.10. The molecule has 3 aromatic rings. The van der Waals surface area contributed by atoms with E-state index >= 15 is 0 Å². The highest BCUT2D eigenvalue weighted by atomic mass is 16.5. The monoisotopic (exact) mass is 333 g/mol. The van der Waals surface area contributed by atoms with Gasteiger partial charge in [0.05, 0.1) is 17.5 Å². The van der Waals surface area contributed by atoms with Crippen molar-refractivity contribution in [2.45, 2.75) is 25.5 Å². The van der Waals surface area contributed by atoms with Crippen molar-refractivity contribution in [2.24, 2.45) is 0 Å². The van der Waals surface area contributed by atoms with Crippen LogP contribution in [0.1, 0.15) is 18.4 Å². The SMILES string of the molecule is c1ccc(-c2nn(-c3ccccc3)cc2CNCC2CCCO2)cc1. The minimum absolute atomic E-state index is 0.351. The zero-order valence-electron chi connectivity index (χ0n) is 14.3. The minimum Gasteiger partial charge on any atom is -0.377 e. The van der Waals surface area contributed by atoms with E-state index in [1.54, 1.807) is 0 Å². The lowest BCUT2D eigenvalue weighted by Crippen LogP contribution is -2.25. The van der Waals surface area contributed by atoms with Crippen molar-refractivity contribution in [3.05, 3.63) is 72.4 Å². The van der Waals surface area contributed by atoms with Crippen LogP contribution >= 0.6 is 0 Å². The fourth-order valence-corrected chi connectivity index (χ4v) is 3.26. The number of para-hydroxylation sites is 1. The smallest absolute Gasteiger partial charge is 0.0972 e. The van der Waals surface area contributed by atoms with Gasteiger partial charge in [-0.3, -0.25) is 0 Å². The Morgan fingerprint density at radius 3 is 2.52 bits per heavy atom. The maximum atomic E-state index is 5.70. The molecule has 1 fully saturated rings. The van der Waals surface area contributed by atoms with Crippen molar-refractivity contribution in [2.75, 3.05) is 13.2 Å². The van der Waals surface area contributed by atoms with Gasteiger partial charge in [-0.1, -0.05) is 48.5 Å². The molecule has 1 unspecified atom stereocenters. The molecule has 2 heterocycles. The number of ether oxygens (including phenoxy) is 1. The van der Waals surface area contributed by atoms with Gasteiger partial charge in [-0.25, -0.2) is 4.68 Å². The predicted molar refractivity (Wildman–Crippen MR) is 99.7 cm³/mol. The Kier molecular flexibility index (Phi) is 4.91. The average molecular weight is 333 g/mol. The van der Waals surface area contributed by atoms with E-state index in [2.05, 4.69) is 47.9 Å². The highest BCUT2D eigenvalue weighted by Crippen LogP contribution is 2.23. The number of aromatic nitrogens is 2. The minimum atomic E-state index is 0.351. The van der Waals surface area contributed by atoms with Crippen LogP contribution in [0.3, 0.4) is 0 Å². The molecule has 128 valence electrons. The Hall–Kier alpha value is -2.43. The van der Waals surface area contributed by atoms with E-state index in [9.17, 15) is 0 Å². The molecule has 4 nitrogen and oxygen atoms in total. The summed E-state index contributed by atoms with van der Waals surface area (Å²) in [6.07, 6.45) is 4.81. The summed E-state index contributed by atoms with van der Waals surface area (Å²) in [5, 5.41) is 8.39. The van der Waals surface area contributed by atoms with E-state index < -0.39 is 0 Å². The molecular weight excluding hydrogens is 310 g/mol. The highest BCUT2D eigenvalue weighted by Gasteiger charge is 2.16. The molecule has 1 aliphatic rings. The fourth-order valence-electron chi connectivity index (χ4n) is 3.26. The van der Waals surface area contributed by atoms with Gasteiger partial charge in [0.1, 0.15) is 0 Å². The molecular formula is C21H23N3O. The van der Waals surface area contributed by atoms with Crippen molar-refractivity contribution in [1.29, 1.82) is 0 Å². The molecule has 1 aromatic heterocycles. The lowest BCUT2D eigenvalue weighted by molar-refractivity contribution is 0.110. The van der Waals surface area contributed by atoms with Crippen LogP contribution < -0.4 is 5.32 Å². The van der Waals surface area contributed by atoms with Gasteiger partial charge in [-0.05, 0) is 25.0 Å². The summed E-state index contributed by atoms with van der Waals surface area (Å²) in [7, 11) is 0. The second kappa shape index (κ2) is 7.64. The molecule has 0 spiro atoms. The third-order valence-electron chi connectivity index (χ3n) is 4.57. The van der Waals surface area contributed by atoms with Crippen molar-refractivity contribution in [3.63, 3.8) is 0 Å². The summed E-state index contributed by atoms with van der Waals surface area (Å²) in [6, 6.07) is 20.6. The second-order valence-corrected chi connectivity index (χ2v) is 6.42. The Balaban J connectivity index is 1.58. The van der Waals surface area contributed by atoms with E-state index in [0.717, 1.165) is 43.1 Å². The number of benzene rings is 2.